The Labute approximate surface area is 287 Å². The average Bonchev–Trinajstić information content (AvgIpc) is 3.32. The minimum atomic E-state index is -6.00. The maximum atomic E-state index is 13.7. The van der Waals surface area contributed by atoms with Crippen LogP contribution in [0.4, 0.5) is 31.1 Å². The van der Waals surface area contributed by atoms with E-state index in [2.05, 4.69) is 5.32 Å². The highest BCUT2D eigenvalue weighted by molar-refractivity contribution is 6.04. The SMILES string of the molecule is CCCc1cc(C(O)(C(F)(F)F)C(F)(F)F)cc(CCC)c1OCCCCN1C(=O)NC(c2cc(OCc3ccc(C)cc3)ccc2C)C1=O. The quantitative estimate of drug-likeness (QED) is 0.0939. The highest BCUT2D eigenvalue weighted by Gasteiger charge is 2.71. The second kappa shape index (κ2) is 15.7. The fourth-order valence-corrected chi connectivity index (χ4v) is 5.90. The Kier molecular flexibility index (Phi) is 12.1. The third-order valence-corrected chi connectivity index (χ3v) is 8.66. The van der Waals surface area contributed by atoms with Crippen molar-refractivity contribution in [2.24, 2.45) is 0 Å². The van der Waals surface area contributed by atoms with Crippen molar-refractivity contribution in [3.63, 3.8) is 0 Å². The molecule has 4 rings (SSSR count). The van der Waals surface area contributed by atoms with Crippen LogP contribution >= 0.6 is 0 Å². The number of urea groups is 1. The second-order valence-electron chi connectivity index (χ2n) is 12.6. The molecule has 1 fully saturated rings. The summed E-state index contributed by atoms with van der Waals surface area (Å²) < 4.78 is 94.0. The molecule has 1 saturated heterocycles. The molecule has 13 heteroatoms. The summed E-state index contributed by atoms with van der Waals surface area (Å²) in [5.41, 5.74) is -2.59. The second-order valence-corrected chi connectivity index (χ2v) is 12.6. The van der Waals surface area contributed by atoms with E-state index in [0.717, 1.165) is 33.7 Å². The van der Waals surface area contributed by atoms with Crippen molar-refractivity contribution in [2.45, 2.75) is 96.8 Å². The molecule has 3 aromatic rings. The molecule has 272 valence electrons. The fraction of sp³-hybridized carbons (Fsp3) is 0.459. The number of hydrogen-bond acceptors (Lipinski definition) is 5. The van der Waals surface area contributed by atoms with Crippen LogP contribution in [0, 0.1) is 13.8 Å². The number of carbonyl (C=O) groups excluding carboxylic acids is 2. The molecule has 0 spiro atoms. The van der Waals surface area contributed by atoms with Crippen molar-refractivity contribution in [3.05, 3.63) is 93.5 Å². The van der Waals surface area contributed by atoms with Gasteiger partial charge in [-0.05, 0) is 91.6 Å². The Balaban J connectivity index is 1.41. The van der Waals surface area contributed by atoms with E-state index < -0.39 is 41.5 Å². The van der Waals surface area contributed by atoms with Gasteiger partial charge in [-0.3, -0.25) is 9.69 Å². The van der Waals surface area contributed by atoms with E-state index in [1.165, 1.54) is 0 Å². The van der Waals surface area contributed by atoms with Crippen LogP contribution in [-0.2, 0) is 29.8 Å². The maximum absolute atomic E-state index is 13.7. The van der Waals surface area contributed by atoms with Gasteiger partial charge in [0.15, 0.2) is 0 Å². The van der Waals surface area contributed by atoms with Crippen LogP contribution in [0.2, 0.25) is 0 Å². The number of imide groups is 1. The lowest BCUT2D eigenvalue weighted by atomic mass is 9.87. The number of nitrogens with one attached hydrogen (secondary N) is 1. The largest absolute Gasteiger partial charge is 0.493 e. The summed E-state index contributed by atoms with van der Waals surface area (Å²) in [5, 5.41) is 12.8. The molecular weight excluding hydrogens is 666 g/mol. The Morgan fingerprint density at radius 1 is 0.820 bits per heavy atom. The van der Waals surface area contributed by atoms with Crippen LogP contribution in [-0.4, -0.2) is 47.4 Å². The number of amides is 3. The lowest BCUT2D eigenvalue weighted by molar-refractivity contribution is -0.376. The van der Waals surface area contributed by atoms with Crippen molar-refractivity contribution in [1.29, 1.82) is 0 Å². The maximum Gasteiger partial charge on any atom is 0.430 e. The molecule has 1 unspecified atom stereocenters. The molecular formula is C37H42F6N2O5. The zero-order valence-corrected chi connectivity index (χ0v) is 28.4. The van der Waals surface area contributed by atoms with Gasteiger partial charge in [-0.25, -0.2) is 4.79 Å². The fourth-order valence-electron chi connectivity index (χ4n) is 5.90. The monoisotopic (exact) mass is 708 g/mol. The number of alkyl halides is 6. The zero-order chi connectivity index (χ0) is 36.9. The lowest BCUT2D eigenvalue weighted by Gasteiger charge is -2.33. The van der Waals surface area contributed by atoms with Gasteiger partial charge in [-0.1, -0.05) is 62.6 Å². The van der Waals surface area contributed by atoms with E-state index in [1.807, 2.05) is 44.2 Å². The van der Waals surface area contributed by atoms with E-state index in [0.29, 0.717) is 43.6 Å². The van der Waals surface area contributed by atoms with Crippen LogP contribution in [0.5, 0.6) is 11.5 Å². The number of aryl methyl sites for hydroxylation is 4. The Morgan fingerprint density at radius 2 is 1.42 bits per heavy atom. The Morgan fingerprint density at radius 3 is 1.98 bits per heavy atom. The predicted octanol–water partition coefficient (Wildman–Crippen LogP) is 8.55. The molecule has 3 amide bonds. The third kappa shape index (κ3) is 8.36. The molecule has 2 N–H and O–H groups in total. The van der Waals surface area contributed by atoms with E-state index in [-0.39, 0.29) is 42.9 Å². The molecule has 0 saturated carbocycles. The van der Waals surface area contributed by atoms with Crippen LogP contribution in [0.25, 0.3) is 0 Å². The van der Waals surface area contributed by atoms with E-state index in [9.17, 15) is 41.0 Å². The van der Waals surface area contributed by atoms with Gasteiger partial charge in [0.25, 0.3) is 11.5 Å². The highest BCUT2D eigenvalue weighted by atomic mass is 19.4. The first-order valence-electron chi connectivity index (χ1n) is 16.6. The van der Waals surface area contributed by atoms with Gasteiger partial charge in [0.1, 0.15) is 24.1 Å². The summed E-state index contributed by atoms with van der Waals surface area (Å²) in [7, 11) is 0. The molecule has 7 nitrogen and oxygen atoms in total. The smallest absolute Gasteiger partial charge is 0.430 e. The molecule has 50 heavy (non-hydrogen) atoms. The topological polar surface area (TPSA) is 88.1 Å². The van der Waals surface area contributed by atoms with Crippen LogP contribution in [0.1, 0.15) is 84.5 Å². The summed E-state index contributed by atoms with van der Waals surface area (Å²) >= 11 is 0. The molecule has 3 aromatic carbocycles. The Hall–Kier alpha value is -4.26. The minimum absolute atomic E-state index is 0.0299. The summed E-state index contributed by atoms with van der Waals surface area (Å²) in [5.74, 6) is 0.296. The molecule has 0 radical (unpaired) electrons. The molecule has 0 aliphatic carbocycles. The number of benzene rings is 3. The van der Waals surface area contributed by atoms with Crippen LogP contribution < -0.4 is 14.8 Å². The van der Waals surface area contributed by atoms with Crippen molar-refractivity contribution in [1.82, 2.24) is 10.2 Å². The highest BCUT2D eigenvalue weighted by Crippen LogP contribution is 2.51. The van der Waals surface area contributed by atoms with Gasteiger partial charge in [0.2, 0.25) is 0 Å². The number of hydrogen-bond donors (Lipinski definition) is 2. The van der Waals surface area contributed by atoms with Crippen molar-refractivity contribution < 1.29 is 50.5 Å². The van der Waals surface area contributed by atoms with E-state index in [1.54, 1.807) is 26.0 Å². The number of rotatable bonds is 15. The van der Waals surface area contributed by atoms with E-state index in [4.69, 9.17) is 9.47 Å². The summed E-state index contributed by atoms with van der Waals surface area (Å²) in [6.45, 7) is 7.69. The number of ether oxygens (including phenoxy) is 2. The van der Waals surface area contributed by atoms with Gasteiger partial charge < -0.3 is 19.9 Å². The first kappa shape index (κ1) is 38.5. The van der Waals surface area contributed by atoms with E-state index >= 15 is 0 Å². The average molecular weight is 709 g/mol. The first-order valence-corrected chi connectivity index (χ1v) is 16.6. The number of unbranched alkanes of at least 4 members (excludes halogenated alkanes) is 1. The van der Waals surface area contributed by atoms with Gasteiger partial charge >= 0.3 is 18.4 Å². The molecule has 1 aliphatic rings. The predicted molar refractivity (Wildman–Crippen MR) is 175 cm³/mol. The third-order valence-electron chi connectivity index (χ3n) is 8.66. The van der Waals surface area contributed by atoms with Crippen molar-refractivity contribution >= 4 is 11.9 Å². The molecule has 1 atom stereocenters. The summed E-state index contributed by atoms with van der Waals surface area (Å²) in [4.78, 5) is 27.3. The number of aliphatic hydroxyl groups is 1. The zero-order valence-electron chi connectivity index (χ0n) is 28.4. The number of halogens is 6. The molecule has 1 heterocycles. The summed E-state index contributed by atoms with van der Waals surface area (Å²) in [6.07, 6.45) is -10.3. The van der Waals surface area contributed by atoms with Crippen molar-refractivity contribution in [3.8, 4) is 11.5 Å². The number of nitrogens with zero attached hydrogens (tertiary/aromatic N) is 1. The normalized spacial score (nSPS) is 15.4. The van der Waals surface area contributed by atoms with Gasteiger partial charge in [0, 0.05) is 12.1 Å². The van der Waals surface area contributed by atoms with Crippen molar-refractivity contribution in [2.75, 3.05) is 13.2 Å². The van der Waals surface area contributed by atoms with Gasteiger partial charge in [-0.15, -0.1) is 0 Å². The van der Waals surface area contributed by atoms with Gasteiger partial charge in [-0.2, -0.15) is 26.3 Å². The van der Waals surface area contributed by atoms with Gasteiger partial charge in [0.05, 0.1) is 6.61 Å². The number of carbonyl (C=O) groups is 2. The molecule has 1 aliphatic heterocycles. The molecule has 0 bridgehead atoms. The summed E-state index contributed by atoms with van der Waals surface area (Å²) in [6, 6.07) is 13.2. The lowest BCUT2D eigenvalue weighted by Crippen LogP contribution is -2.54. The Bertz CT molecular complexity index is 1610. The van der Waals surface area contributed by atoms with Crippen LogP contribution in [0.3, 0.4) is 0 Å². The molecule has 0 aromatic heterocycles. The first-order chi connectivity index (χ1) is 23.5. The van der Waals surface area contributed by atoms with Crippen LogP contribution in [0.15, 0.2) is 54.6 Å². The standard InChI is InChI=1S/C37H42F6N2O5/c1-5-9-26-19-28(35(48,36(38,39)40)37(41,42)43)20-27(10-6-2)32(26)49-18-8-7-17-45-33(46)31(44-34(45)47)30-21-29(16-13-24(30)4)50-22-25-14-11-23(3)12-15-25/h11-16,19-21,31,48H,5-10,17-18,22H2,1-4H3,(H,44,47). The minimum Gasteiger partial charge on any atom is -0.493 e.